The molecule has 0 rings (SSSR count). The monoisotopic (exact) mass is 645 g/mol. The van der Waals surface area contributed by atoms with E-state index in [1.54, 1.807) is 0 Å². The molecular formula is C30H65CeO5-. The summed E-state index contributed by atoms with van der Waals surface area (Å²) in [4.78, 5) is 10.2. The second kappa shape index (κ2) is 52.2. The van der Waals surface area contributed by atoms with Crippen LogP contribution >= 0.6 is 0 Å². The molecule has 36 heavy (non-hydrogen) atoms. The SMILES string of the molecule is CCCCCCCCCCCCCCCCCC(=O)[O-].CCCCO.CCCCO.CCCCO.[Ce]. The van der Waals surface area contributed by atoms with Gasteiger partial charge in [-0.2, -0.15) is 0 Å². The third-order valence-corrected chi connectivity index (χ3v) is 5.52. The fraction of sp³-hybridized carbons (Fsp3) is 0.967. The van der Waals surface area contributed by atoms with Gasteiger partial charge in [0.05, 0.1) is 0 Å². The van der Waals surface area contributed by atoms with Gasteiger partial charge < -0.3 is 25.2 Å². The Labute approximate surface area is 260 Å². The van der Waals surface area contributed by atoms with Crippen LogP contribution in [-0.4, -0.2) is 41.1 Å². The summed E-state index contributed by atoms with van der Waals surface area (Å²) in [5.41, 5.74) is 0. The topological polar surface area (TPSA) is 101 Å². The molecule has 5 nitrogen and oxygen atoms in total. The van der Waals surface area contributed by atoms with Crippen molar-refractivity contribution in [1.82, 2.24) is 0 Å². The van der Waals surface area contributed by atoms with Gasteiger partial charge in [-0.3, -0.25) is 0 Å². The minimum Gasteiger partial charge on any atom is -0.550 e. The van der Waals surface area contributed by atoms with Crippen molar-refractivity contribution >= 4 is 5.97 Å². The van der Waals surface area contributed by atoms with Gasteiger partial charge in [0.15, 0.2) is 0 Å². The van der Waals surface area contributed by atoms with E-state index < -0.39 is 5.97 Å². The molecule has 0 saturated heterocycles. The van der Waals surface area contributed by atoms with E-state index >= 15 is 0 Å². The van der Waals surface area contributed by atoms with E-state index in [1.807, 2.05) is 0 Å². The van der Waals surface area contributed by atoms with Crippen LogP contribution in [0, 0.1) is 41.7 Å². The van der Waals surface area contributed by atoms with E-state index in [0.717, 1.165) is 51.4 Å². The third-order valence-electron chi connectivity index (χ3n) is 5.52. The zero-order chi connectivity index (χ0) is 27.3. The molecule has 0 heterocycles. The van der Waals surface area contributed by atoms with E-state index in [-0.39, 0.29) is 48.2 Å². The molecule has 0 aromatic carbocycles. The van der Waals surface area contributed by atoms with Crippen LogP contribution in [0.4, 0.5) is 0 Å². The van der Waals surface area contributed by atoms with Crippen molar-refractivity contribution in [2.75, 3.05) is 19.8 Å². The quantitative estimate of drug-likeness (QED) is 0.107. The van der Waals surface area contributed by atoms with Crippen molar-refractivity contribution in [3.05, 3.63) is 0 Å². The van der Waals surface area contributed by atoms with Crippen molar-refractivity contribution in [3.63, 3.8) is 0 Å². The molecule has 0 aromatic rings. The van der Waals surface area contributed by atoms with Crippen molar-refractivity contribution < 1.29 is 67.0 Å². The number of aliphatic hydroxyl groups is 3. The van der Waals surface area contributed by atoms with Gasteiger partial charge in [0.1, 0.15) is 0 Å². The fourth-order valence-electron chi connectivity index (χ4n) is 3.11. The Balaban J connectivity index is -0.000000163. The Morgan fingerprint density at radius 2 is 0.667 bits per heavy atom. The Morgan fingerprint density at radius 3 is 0.833 bits per heavy atom. The Bertz CT molecular complexity index is 310. The maximum Gasteiger partial charge on any atom is 0.0430 e. The van der Waals surface area contributed by atoms with E-state index in [2.05, 4.69) is 27.7 Å². The summed E-state index contributed by atoms with van der Waals surface area (Å²) in [6.07, 6.45) is 26.0. The Hall–Kier alpha value is 0.727. The van der Waals surface area contributed by atoms with Gasteiger partial charge in [0, 0.05) is 67.5 Å². The number of carbonyl (C=O) groups excluding carboxylic acids is 1. The summed E-state index contributed by atoms with van der Waals surface area (Å²) in [6.45, 7) is 9.45. The predicted molar refractivity (Wildman–Crippen MR) is 151 cm³/mol. The molecule has 0 spiro atoms. The summed E-state index contributed by atoms with van der Waals surface area (Å²) < 4.78 is 0. The number of carboxylic acid groups (broad SMARTS) is 1. The molecule has 0 unspecified atom stereocenters. The molecule has 220 valence electrons. The third kappa shape index (κ3) is 70.2. The van der Waals surface area contributed by atoms with E-state index in [0.29, 0.717) is 19.8 Å². The van der Waals surface area contributed by atoms with Crippen molar-refractivity contribution in [1.29, 1.82) is 0 Å². The molecule has 0 radical (unpaired) electrons. The van der Waals surface area contributed by atoms with Crippen molar-refractivity contribution in [3.8, 4) is 0 Å². The van der Waals surface area contributed by atoms with Crippen LogP contribution < -0.4 is 5.11 Å². The molecule has 0 saturated carbocycles. The van der Waals surface area contributed by atoms with Crippen LogP contribution in [0.5, 0.6) is 0 Å². The van der Waals surface area contributed by atoms with Gasteiger partial charge in [-0.25, -0.2) is 0 Å². The zero-order valence-electron chi connectivity index (χ0n) is 24.8. The minimum absolute atomic E-state index is 0. The molecule has 0 aromatic heterocycles. The van der Waals surface area contributed by atoms with Gasteiger partial charge in [-0.05, 0) is 32.1 Å². The largest absolute Gasteiger partial charge is 0.550 e. The average Bonchev–Trinajstić information content (AvgIpc) is 2.84. The first-order valence-corrected chi connectivity index (χ1v) is 15.0. The van der Waals surface area contributed by atoms with Crippen LogP contribution in [0.1, 0.15) is 169 Å². The van der Waals surface area contributed by atoms with Gasteiger partial charge in [-0.15, -0.1) is 0 Å². The number of aliphatic hydroxyl groups excluding tert-OH is 3. The number of carbonyl (C=O) groups is 1. The van der Waals surface area contributed by atoms with Crippen molar-refractivity contribution in [2.24, 2.45) is 0 Å². The summed E-state index contributed by atoms with van der Waals surface area (Å²) in [6, 6.07) is 0. The van der Waals surface area contributed by atoms with E-state index in [9.17, 15) is 9.90 Å². The van der Waals surface area contributed by atoms with Crippen LogP contribution in [0.25, 0.3) is 0 Å². The average molecular weight is 646 g/mol. The number of carboxylic acids is 1. The maximum absolute atomic E-state index is 10.2. The summed E-state index contributed by atoms with van der Waals surface area (Å²) in [7, 11) is 0. The number of unbranched alkanes of at least 4 members (excludes halogenated alkanes) is 17. The molecule has 0 aliphatic heterocycles. The zero-order valence-corrected chi connectivity index (χ0v) is 28.0. The second-order valence-electron chi connectivity index (χ2n) is 9.30. The smallest absolute Gasteiger partial charge is 0.0430 e. The minimum atomic E-state index is -0.903. The molecule has 6 heteroatoms. The molecule has 0 aliphatic carbocycles. The van der Waals surface area contributed by atoms with Crippen molar-refractivity contribution in [2.45, 2.75) is 169 Å². The van der Waals surface area contributed by atoms with Gasteiger partial charge in [0.25, 0.3) is 0 Å². The Kier molecular flexibility index (Phi) is 67.5. The van der Waals surface area contributed by atoms with Crippen LogP contribution in [0.3, 0.4) is 0 Å². The molecule has 0 amide bonds. The number of hydrogen-bond acceptors (Lipinski definition) is 5. The van der Waals surface area contributed by atoms with Crippen LogP contribution in [0.2, 0.25) is 0 Å². The molecule has 3 N–H and O–H groups in total. The summed E-state index contributed by atoms with van der Waals surface area (Å²) in [5.74, 6) is -0.903. The van der Waals surface area contributed by atoms with E-state index in [1.165, 1.54) is 83.5 Å². The first kappa shape index (κ1) is 46.6. The Morgan fingerprint density at radius 1 is 0.444 bits per heavy atom. The molecular weight excluding hydrogens is 580 g/mol. The van der Waals surface area contributed by atoms with Crippen LogP contribution in [0.15, 0.2) is 0 Å². The normalized spacial score (nSPS) is 9.53. The number of aliphatic carboxylic acids is 1. The molecule has 0 atom stereocenters. The number of hydrogen-bond donors (Lipinski definition) is 3. The van der Waals surface area contributed by atoms with E-state index in [4.69, 9.17) is 15.3 Å². The summed E-state index contributed by atoms with van der Waals surface area (Å²) >= 11 is 0. The molecule has 0 fully saturated rings. The van der Waals surface area contributed by atoms with Gasteiger partial charge >= 0.3 is 0 Å². The van der Waals surface area contributed by atoms with Gasteiger partial charge in [-0.1, -0.05) is 137 Å². The molecule has 0 bridgehead atoms. The predicted octanol–water partition coefficient (Wildman–Crippen LogP) is 7.33. The first-order chi connectivity index (χ1) is 17.0. The standard InChI is InChI=1S/C18H36O2.3C4H10O.Ce/c1-2-3-4-5-6-7-8-9-10-11-12-13-14-15-16-17-18(19)20;3*1-2-3-4-5;/h2-17H2,1H3,(H,19,20);3*5H,2-4H2,1H3;/p-1. The molecule has 0 aliphatic rings. The number of rotatable bonds is 22. The second-order valence-corrected chi connectivity index (χ2v) is 9.30. The first-order valence-electron chi connectivity index (χ1n) is 15.0. The van der Waals surface area contributed by atoms with Gasteiger partial charge in [0.2, 0.25) is 0 Å². The fourth-order valence-corrected chi connectivity index (χ4v) is 3.11. The maximum atomic E-state index is 10.2. The van der Waals surface area contributed by atoms with Crippen LogP contribution in [-0.2, 0) is 4.79 Å². The summed E-state index contributed by atoms with van der Waals surface area (Å²) in [5, 5.41) is 34.4.